The van der Waals surface area contributed by atoms with Gasteiger partial charge in [-0.05, 0) is 42.0 Å². The zero-order valence-electron chi connectivity index (χ0n) is 16.9. The third kappa shape index (κ3) is 4.39. The summed E-state index contributed by atoms with van der Waals surface area (Å²) in [5, 5.41) is 9.07. The van der Waals surface area contributed by atoms with E-state index >= 15 is 0 Å². The van der Waals surface area contributed by atoms with E-state index in [0.29, 0.717) is 6.54 Å². The van der Waals surface area contributed by atoms with Crippen molar-refractivity contribution in [3.8, 4) is 17.0 Å². The quantitative estimate of drug-likeness (QED) is 0.324. The molecule has 2 aromatic carbocycles. The minimum atomic E-state index is 0.569. The first-order chi connectivity index (χ1) is 14.6. The molecule has 6 heteroatoms. The summed E-state index contributed by atoms with van der Waals surface area (Å²) in [5.41, 5.74) is 3.99. The van der Waals surface area contributed by atoms with Gasteiger partial charge in [-0.3, -0.25) is 9.98 Å². The maximum atomic E-state index is 5.33. The molecular weight excluding hydrogens is 392 g/mol. The van der Waals surface area contributed by atoms with Crippen molar-refractivity contribution in [3.63, 3.8) is 0 Å². The van der Waals surface area contributed by atoms with Crippen LogP contribution in [0.15, 0.2) is 88.6 Å². The van der Waals surface area contributed by atoms with Gasteiger partial charge in [0, 0.05) is 28.9 Å². The predicted octanol–water partition coefficient (Wildman–Crippen LogP) is 5.13. The van der Waals surface area contributed by atoms with E-state index in [0.717, 1.165) is 43.7 Å². The van der Waals surface area contributed by atoms with Crippen LogP contribution in [0.25, 0.3) is 22.0 Å². The Kier molecular flexibility index (Phi) is 5.86. The van der Waals surface area contributed by atoms with Gasteiger partial charge in [-0.25, -0.2) is 4.68 Å². The summed E-state index contributed by atoms with van der Waals surface area (Å²) < 4.78 is 7.21. The number of hydrogen-bond donors (Lipinski definition) is 0. The van der Waals surface area contributed by atoms with Crippen LogP contribution in [0.5, 0.6) is 5.75 Å². The van der Waals surface area contributed by atoms with Crippen LogP contribution in [0.4, 0.5) is 0 Å². The van der Waals surface area contributed by atoms with E-state index < -0.39 is 0 Å². The van der Waals surface area contributed by atoms with E-state index in [1.807, 2.05) is 35.9 Å². The van der Waals surface area contributed by atoms with Gasteiger partial charge in [-0.1, -0.05) is 36.4 Å². The number of thiazole rings is 1. The fourth-order valence-corrected chi connectivity index (χ4v) is 3.84. The summed E-state index contributed by atoms with van der Waals surface area (Å²) in [6.07, 6.45) is 5.33. The van der Waals surface area contributed by atoms with Crippen molar-refractivity contribution in [2.45, 2.75) is 6.92 Å². The van der Waals surface area contributed by atoms with Crippen LogP contribution < -0.4 is 9.54 Å². The molecule has 0 unspecified atom stereocenters. The number of nitrogens with zero attached hydrogens (tertiary/aromatic N) is 4. The van der Waals surface area contributed by atoms with Crippen LogP contribution in [0.3, 0.4) is 0 Å². The second-order valence-corrected chi connectivity index (χ2v) is 7.78. The van der Waals surface area contributed by atoms with E-state index in [1.54, 1.807) is 37.1 Å². The second-order valence-electron chi connectivity index (χ2n) is 6.95. The van der Waals surface area contributed by atoms with Crippen molar-refractivity contribution in [1.82, 2.24) is 9.66 Å². The van der Waals surface area contributed by atoms with E-state index in [-0.39, 0.29) is 0 Å². The Labute approximate surface area is 179 Å². The molecule has 0 aliphatic heterocycles. The Balaban J connectivity index is 1.81. The molecule has 0 saturated heterocycles. The van der Waals surface area contributed by atoms with Crippen LogP contribution in [0.2, 0.25) is 0 Å². The molecule has 2 heterocycles. The lowest BCUT2D eigenvalue weighted by atomic mass is 10.1. The number of methoxy groups -OCH3 is 1. The Morgan fingerprint density at radius 3 is 2.80 bits per heavy atom. The maximum absolute atomic E-state index is 5.33. The lowest BCUT2D eigenvalue weighted by molar-refractivity contribution is 0.415. The minimum absolute atomic E-state index is 0.569. The molecule has 0 bridgehead atoms. The summed E-state index contributed by atoms with van der Waals surface area (Å²) in [6.45, 7) is 6.49. The molecule has 0 atom stereocenters. The Morgan fingerprint density at radius 2 is 2.03 bits per heavy atom. The SMILES string of the molecule is C=C(C)CN=c1scc(-c2ccc3cc(OC)ccc3c2)n1N=Cc1cccnc1. The molecule has 5 nitrogen and oxygen atoms in total. The molecule has 4 rings (SSSR count). The predicted molar refractivity (Wildman–Crippen MR) is 124 cm³/mol. The van der Waals surface area contributed by atoms with Gasteiger partial charge < -0.3 is 4.74 Å². The average molecular weight is 415 g/mol. The number of fused-ring (bicyclic) bond motifs is 1. The molecule has 4 aromatic rings. The van der Waals surface area contributed by atoms with Gasteiger partial charge in [-0.2, -0.15) is 5.10 Å². The zero-order valence-corrected chi connectivity index (χ0v) is 17.8. The zero-order chi connectivity index (χ0) is 20.9. The first kappa shape index (κ1) is 19.8. The van der Waals surface area contributed by atoms with Crippen molar-refractivity contribution in [2.24, 2.45) is 10.1 Å². The standard InChI is InChI=1S/C24H22N4OS/c1-17(2)13-26-24-28(27-15-18-5-4-10-25-14-18)23(16-30-24)21-7-6-20-12-22(29-3)9-8-19(20)11-21/h4-12,14-16H,1,13H2,2-3H3. The van der Waals surface area contributed by atoms with Crippen LogP contribution >= 0.6 is 11.3 Å². The van der Waals surface area contributed by atoms with Crippen molar-refractivity contribution >= 4 is 28.3 Å². The number of benzene rings is 2. The van der Waals surface area contributed by atoms with Gasteiger partial charge in [0.05, 0.1) is 25.6 Å². The van der Waals surface area contributed by atoms with E-state index in [9.17, 15) is 0 Å². The molecule has 0 N–H and O–H groups in total. The Morgan fingerprint density at radius 1 is 1.20 bits per heavy atom. The van der Waals surface area contributed by atoms with Crippen LogP contribution in [0.1, 0.15) is 12.5 Å². The topological polar surface area (TPSA) is 51.8 Å². The summed E-state index contributed by atoms with van der Waals surface area (Å²) in [7, 11) is 1.68. The largest absolute Gasteiger partial charge is 0.497 e. The van der Waals surface area contributed by atoms with E-state index in [4.69, 9.17) is 9.84 Å². The van der Waals surface area contributed by atoms with Crippen LogP contribution in [-0.2, 0) is 0 Å². The molecular formula is C24H22N4OS. The smallest absolute Gasteiger partial charge is 0.206 e. The van der Waals surface area contributed by atoms with Gasteiger partial charge in [0.2, 0.25) is 4.80 Å². The molecule has 0 aliphatic rings. The van der Waals surface area contributed by atoms with Gasteiger partial charge in [0.25, 0.3) is 0 Å². The van der Waals surface area contributed by atoms with Gasteiger partial charge in [-0.15, -0.1) is 11.3 Å². The highest BCUT2D eigenvalue weighted by atomic mass is 32.1. The molecule has 30 heavy (non-hydrogen) atoms. The minimum Gasteiger partial charge on any atom is -0.497 e. The third-order valence-corrected chi connectivity index (χ3v) is 5.37. The highest BCUT2D eigenvalue weighted by Gasteiger charge is 2.09. The van der Waals surface area contributed by atoms with Crippen LogP contribution in [0, 0.1) is 0 Å². The monoisotopic (exact) mass is 414 g/mol. The van der Waals surface area contributed by atoms with E-state index in [1.165, 1.54) is 0 Å². The molecule has 150 valence electrons. The summed E-state index contributed by atoms with van der Waals surface area (Å²) in [5.74, 6) is 0.850. The summed E-state index contributed by atoms with van der Waals surface area (Å²) in [4.78, 5) is 9.66. The number of ether oxygens (including phenoxy) is 1. The van der Waals surface area contributed by atoms with Crippen molar-refractivity contribution < 1.29 is 4.74 Å². The maximum Gasteiger partial charge on any atom is 0.206 e. The highest BCUT2D eigenvalue weighted by Crippen LogP contribution is 2.27. The average Bonchev–Trinajstić information content (AvgIpc) is 3.19. The number of aromatic nitrogens is 2. The van der Waals surface area contributed by atoms with Gasteiger partial charge in [0.15, 0.2) is 0 Å². The second kappa shape index (κ2) is 8.88. The summed E-state index contributed by atoms with van der Waals surface area (Å²) in [6, 6.07) is 16.3. The Bertz CT molecular complexity index is 1290. The number of hydrogen-bond acceptors (Lipinski definition) is 5. The highest BCUT2D eigenvalue weighted by molar-refractivity contribution is 7.07. The molecule has 2 aromatic heterocycles. The molecule has 0 saturated carbocycles. The third-order valence-electron chi connectivity index (χ3n) is 4.52. The fraction of sp³-hybridized carbons (Fsp3) is 0.125. The lowest BCUT2D eigenvalue weighted by Gasteiger charge is -2.07. The van der Waals surface area contributed by atoms with E-state index in [2.05, 4.69) is 46.2 Å². The molecule has 0 aliphatic carbocycles. The van der Waals surface area contributed by atoms with Crippen molar-refractivity contribution in [1.29, 1.82) is 0 Å². The van der Waals surface area contributed by atoms with Gasteiger partial charge >= 0.3 is 0 Å². The summed E-state index contributed by atoms with van der Waals surface area (Å²) >= 11 is 1.57. The molecule has 0 fully saturated rings. The molecule has 0 amide bonds. The van der Waals surface area contributed by atoms with Gasteiger partial charge in [0.1, 0.15) is 5.75 Å². The van der Waals surface area contributed by atoms with Crippen molar-refractivity contribution in [3.05, 3.63) is 88.8 Å². The number of rotatable bonds is 6. The number of pyridine rings is 1. The lowest BCUT2D eigenvalue weighted by Crippen LogP contribution is -2.13. The van der Waals surface area contributed by atoms with Crippen molar-refractivity contribution in [2.75, 3.05) is 13.7 Å². The fourth-order valence-electron chi connectivity index (χ4n) is 3.01. The van der Waals surface area contributed by atoms with Crippen LogP contribution in [-0.4, -0.2) is 29.5 Å². The molecule has 0 radical (unpaired) electrons. The normalized spacial score (nSPS) is 12.0. The first-order valence-corrected chi connectivity index (χ1v) is 10.4. The Hall–Kier alpha value is -3.51. The first-order valence-electron chi connectivity index (χ1n) is 9.52. The molecule has 0 spiro atoms.